The lowest BCUT2D eigenvalue weighted by Gasteiger charge is -2.02. The zero-order valence-corrected chi connectivity index (χ0v) is 7.42. The van der Waals surface area contributed by atoms with E-state index in [-0.39, 0.29) is 0 Å². The number of pyridine rings is 1. The Morgan fingerprint density at radius 2 is 2.42 bits per heavy atom. The van der Waals surface area contributed by atoms with Gasteiger partial charge in [-0.3, -0.25) is 0 Å². The number of hydrogen-bond donors (Lipinski definition) is 0. The molecule has 0 radical (unpaired) electrons. The Kier molecular flexibility index (Phi) is 3.61. The van der Waals surface area contributed by atoms with E-state index in [9.17, 15) is 0 Å². The summed E-state index contributed by atoms with van der Waals surface area (Å²) in [4.78, 5) is 3.87. The molecule has 64 valence electrons. The lowest BCUT2D eigenvalue weighted by atomic mass is 10.4. The van der Waals surface area contributed by atoms with Crippen molar-refractivity contribution in [3.63, 3.8) is 0 Å². The molecule has 0 spiro atoms. The number of rotatable bonds is 4. The Hall–Kier alpha value is -1.02. The van der Waals surface area contributed by atoms with Gasteiger partial charge in [-0.15, -0.1) is 6.58 Å². The van der Waals surface area contributed by atoms with Gasteiger partial charge >= 0.3 is 0 Å². The minimum absolute atomic E-state index is 0.478. The molecular weight excluding hydrogens is 174 g/mol. The molecule has 0 aliphatic carbocycles. The van der Waals surface area contributed by atoms with E-state index in [1.54, 1.807) is 18.3 Å². The van der Waals surface area contributed by atoms with Gasteiger partial charge in [0.15, 0.2) is 0 Å². The third-order valence-electron chi connectivity index (χ3n) is 1.29. The zero-order valence-electron chi connectivity index (χ0n) is 6.66. The molecule has 0 saturated carbocycles. The molecule has 0 aliphatic heterocycles. The van der Waals surface area contributed by atoms with Crippen molar-refractivity contribution in [2.75, 3.05) is 6.61 Å². The molecular formula is C9H10ClNO. The molecule has 1 aromatic rings. The van der Waals surface area contributed by atoms with Crippen molar-refractivity contribution in [1.82, 2.24) is 4.98 Å². The first kappa shape index (κ1) is 9.07. The van der Waals surface area contributed by atoms with Gasteiger partial charge in [-0.25, -0.2) is 4.98 Å². The van der Waals surface area contributed by atoms with E-state index in [0.717, 1.165) is 12.2 Å². The van der Waals surface area contributed by atoms with E-state index in [1.165, 1.54) is 0 Å². The largest absolute Gasteiger partial charge is 0.492 e. The normalized spacial score (nSPS) is 9.42. The molecule has 1 rings (SSSR count). The Labute approximate surface area is 76.8 Å². The van der Waals surface area contributed by atoms with Crippen molar-refractivity contribution in [3.8, 4) is 5.75 Å². The number of aromatic nitrogens is 1. The second-order valence-corrected chi connectivity index (χ2v) is 2.63. The Balaban J connectivity index is 2.42. The highest BCUT2D eigenvalue weighted by Gasteiger charge is 1.92. The lowest BCUT2D eigenvalue weighted by molar-refractivity contribution is 0.324. The molecule has 0 amide bonds. The van der Waals surface area contributed by atoms with Crippen LogP contribution >= 0.6 is 11.6 Å². The first-order valence-electron chi connectivity index (χ1n) is 3.68. The Bertz CT molecular complexity index is 245. The Morgan fingerprint density at radius 1 is 1.58 bits per heavy atom. The van der Waals surface area contributed by atoms with Gasteiger partial charge in [0, 0.05) is 0 Å². The van der Waals surface area contributed by atoms with E-state index in [0.29, 0.717) is 11.8 Å². The summed E-state index contributed by atoms with van der Waals surface area (Å²) in [5.41, 5.74) is 0. The van der Waals surface area contributed by atoms with Crippen LogP contribution in [0.3, 0.4) is 0 Å². The van der Waals surface area contributed by atoms with Crippen LogP contribution in [-0.2, 0) is 0 Å². The fourth-order valence-corrected chi connectivity index (χ4v) is 0.820. The predicted molar refractivity (Wildman–Crippen MR) is 49.6 cm³/mol. The molecule has 0 atom stereocenters. The molecule has 1 heterocycles. The number of ether oxygens (including phenoxy) is 1. The maximum absolute atomic E-state index is 5.59. The summed E-state index contributed by atoms with van der Waals surface area (Å²) in [6.07, 6.45) is 4.25. The first-order chi connectivity index (χ1) is 5.83. The van der Waals surface area contributed by atoms with Crippen LogP contribution in [0.5, 0.6) is 5.75 Å². The second kappa shape index (κ2) is 4.78. The summed E-state index contributed by atoms with van der Waals surface area (Å²) < 4.78 is 5.31. The second-order valence-electron chi connectivity index (χ2n) is 2.24. The topological polar surface area (TPSA) is 22.1 Å². The first-order valence-corrected chi connectivity index (χ1v) is 4.06. The summed E-state index contributed by atoms with van der Waals surface area (Å²) in [6.45, 7) is 4.22. The zero-order chi connectivity index (χ0) is 8.81. The third-order valence-corrected chi connectivity index (χ3v) is 1.51. The minimum Gasteiger partial charge on any atom is -0.492 e. The van der Waals surface area contributed by atoms with Crippen LogP contribution in [0.1, 0.15) is 6.42 Å². The maximum atomic E-state index is 5.59. The van der Waals surface area contributed by atoms with E-state index in [2.05, 4.69) is 11.6 Å². The van der Waals surface area contributed by atoms with Gasteiger partial charge in [0.1, 0.15) is 10.9 Å². The van der Waals surface area contributed by atoms with Crippen molar-refractivity contribution in [1.29, 1.82) is 0 Å². The average molecular weight is 184 g/mol. The molecule has 0 bridgehead atoms. The van der Waals surface area contributed by atoms with Crippen LogP contribution in [-0.4, -0.2) is 11.6 Å². The van der Waals surface area contributed by atoms with E-state index in [1.807, 2.05) is 6.08 Å². The van der Waals surface area contributed by atoms with Gasteiger partial charge in [-0.2, -0.15) is 0 Å². The summed E-state index contributed by atoms with van der Waals surface area (Å²) in [6, 6.07) is 3.49. The van der Waals surface area contributed by atoms with Crippen molar-refractivity contribution in [3.05, 3.63) is 36.1 Å². The number of halogens is 1. The molecule has 0 N–H and O–H groups in total. The van der Waals surface area contributed by atoms with Gasteiger partial charge in [0.25, 0.3) is 0 Å². The van der Waals surface area contributed by atoms with E-state index in [4.69, 9.17) is 16.3 Å². The average Bonchev–Trinajstić information content (AvgIpc) is 2.09. The van der Waals surface area contributed by atoms with Crippen LogP contribution in [0.4, 0.5) is 0 Å². The molecule has 0 fully saturated rings. The van der Waals surface area contributed by atoms with Crippen LogP contribution in [0.2, 0.25) is 5.15 Å². The van der Waals surface area contributed by atoms with E-state index >= 15 is 0 Å². The third kappa shape index (κ3) is 2.93. The highest BCUT2D eigenvalue weighted by Crippen LogP contribution is 2.11. The summed E-state index contributed by atoms with van der Waals surface area (Å²) >= 11 is 5.59. The van der Waals surface area contributed by atoms with Crippen molar-refractivity contribution in [2.24, 2.45) is 0 Å². The smallest absolute Gasteiger partial charge is 0.137 e. The van der Waals surface area contributed by atoms with Crippen LogP contribution in [0.25, 0.3) is 0 Å². The summed E-state index contributed by atoms with van der Waals surface area (Å²) in [5, 5.41) is 0.478. The van der Waals surface area contributed by atoms with Gasteiger partial charge in [0.2, 0.25) is 0 Å². The summed E-state index contributed by atoms with van der Waals surface area (Å²) in [7, 11) is 0. The Morgan fingerprint density at radius 3 is 3.00 bits per heavy atom. The fourth-order valence-electron chi connectivity index (χ4n) is 0.708. The molecule has 1 aromatic heterocycles. The highest BCUT2D eigenvalue weighted by molar-refractivity contribution is 6.29. The summed E-state index contributed by atoms with van der Waals surface area (Å²) in [5.74, 6) is 0.737. The molecule has 2 nitrogen and oxygen atoms in total. The van der Waals surface area contributed by atoms with Gasteiger partial charge in [0.05, 0.1) is 12.8 Å². The molecule has 0 aromatic carbocycles. The van der Waals surface area contributed by atoms with Gasteiger partial charge < -0.3 is 4.74 Å². The quantitative estimate of drug-likeness (QED) is 0.407. The maximum Gasteiger partial charge on any atom is 0.137 e. The van der Waals surface area contributed by atoms with Crippen LogP contribution in [0.15, 0.2) is 31.0 Å². The van der Waals surface area contributed by atoms with Crippen molar-refractivity contribution < 1.29 is 4.74 Å². The molecule has 0 aliphatic rings. The number of nitrogens with zero attached hydrogens (tertiary/aromatic N) is 1. The molecule has 0 unspecified atom stereocenters. The molecule has 3 heteroatoms. The highest BCUT2D eigenvalue weighted by atomic mass is 35.5. The fraction of sp³-hybridized carbons (Fsp3) is 0.222. The van der Waals surface area contributed by atoms with E-state index < -0.39 is 0 Å². The van der Waals surface area contributed by atoms with Crippen LogP contribution in [0, 0.1) is 0 Å². The van der Waals surface area contributed by atoms with Gasteiger partial charge in [-0.1, -0.05) is 17.7 Å². The van der Waals surface area contributed by atoms with Gasteiger partial charge in [-0.05, 0) is 18.6 Å². The van der Waals surface area contributed by atoms with Crippen molar-refractivity contribution in [2.45, 2.75) is 6.42 Å². The molecule has 0 saturated heterocycles. The molecule has 12 heavy (non-hydrogen) atoms. The van der Waals surface area contributed by atoms with Crippen LogP contribution < -0.4 is 4.74 Å². The number of hydrogen-bond acceptors (Lipinski definition) is 2. The predicted octanol–water partition coefficient (Wildman–Crippen LogP) is 2.69. The monoisotopic (exact) mass is 183 g/mol. The standard InChI is InChI=1S/C9H10ClNO/c1-2-3-6-12-8-4-5-9(10)11-7-8/h2,4-5,7H,1,3,6H2. The minimum atomic E-state index is 0.478. The SMILES string of the molecule is C=CCCOc1ccc(Cl)nc1. The van der Waals surface area contributed by atoms with Crippen molar-refractivity contribution >= 4 is 11.6 Å². The lowest BCUT2D eigenvalue weighted by Crippen LogP contribution is -1.95.